The number of halogens is 1. The van der Waals surface area contributed by atoms with Crippen molar-refractivity contribution >= 4 is 12.4 Å². The monoisotopic (exact) mass is 324 g/mol. The molecule has 2 rings (SSSR count). The van der Waals surface area contributed by atoms with Crippen molar-refractivity contribution in [3.8, 4) is 0 Å². The Hall–Kier alpha value is -1.43. The van der Waals surface area contributed by atoms with Crippen LogP contribution in [-0.2, 0) is 19.4 Å². The van der Waals surface area contributed by atoms with E-state index in [0.717, 1.165) is 44.1 Å². The van der Waals surface area contributed by atoms with Gasteiger partial charge in [0.15, 0.2) is 5.82 Å². The molecule has 0 radical (unpaired) electrons. The molecule has 122 valence electrons. The van der Waals surface area contributed by atoms with Crippen molar-refractivity contribution in [1.82, 2.24) is 15.0 Å². The Kier molecular flexibility index (Phi) is 8.74. The minimum atomic E-state index is 0. The fraction of sp³-hybridized carbons (Fsp3) is 0.500. The van der Waals surface area contributed by atoms with Crippen LogP contribution in [0.5, 0.6) is 0 Å². The third-order valence-corrected chi connectivity index (χ3v) is 3.34. The van der Waals surface area contributed by atoms with Crippen LogP contribution in [0.4, 0.5) is 0 Å². The van der Waals surface area contributed by atoms with Crippen molar-refractivity contribution in [2.24, 2.45) is 5.73 Å². The highest BCUT2D eigenvalue weighted by Gasteiger charge is 2.11. The van der Waals surface area contributed by atoms with Crippen LogP contribution < -0.4 is 5.73 Å². The minimum Gasteiger partial charge on any atom is -0.339 e. The van der Waals surface area contributed by atoms with Gasteiger partial charge in [-0.3, -0.25) is 4.90 Å². The van der Waals surface area contributed by atoms with Crippen LogP contribution in [0.1, 0.15) is 30.6 Å². The number of hydrogen-bond donors (Lipinski definition) is 1. The number of benzene rings is 1. The number of rotatable bonds is 9. The van der Waals surface area contributed by atoms with Gasteiger partial charge in [-0.25, -0.2) is 0 Å². The lowest BCUT2D eigenvalue weighted by Gasteiger charge is -2.19. The largest absolute Gasteiger partial charge is 0.339 e. The molecule has 0 aliphatic carbocycles. The molecule has 0 bridgehead atoms. The first kappa shape index (κ1) is 18.6. The second kappa shape index (κ2) is 10.3. The molecule has 0 saturated heterocycles. The van der Waals surface area contributed by atoms with Gasteiger partial charge >= 0.3 is 0 Å². The first-order valence-corrected chi connectivity index (χ1v) is 7.59. The molecule has 0 aliphatic heterocycles. The van der Waals surface area contributed by atoms with Crippen molar-refractivity contribution in [1.29, 1.82) is 0 Å². The third-order valence-electron chi connectivity index (χ3n) is 3.34. The smallest absolute Gasteiger partial charge is 0.226 e. The molecular weight excluding hydrogens is 300 g/mol. The Labute approximate surface area is 138 Å². The average molecular weight is 325 g/mol. The zero-order valence-corrected chi connectivity index (χ0v) is 13.9. The van der Waals surface area contributed by atoms with E-state index in [1.807, 2.05) is 6.07 Å². The maximum atomic E-state index is 5.70. The average Bonchev–Trinajstić information content (AvgIpc) is 2.94. The molecular formula is C16H25ClN4O. The summed E-state index contributed by atoms with van der Waals surface area (Å²) in [7, 11) is 0. The van der Waals surface area contributed by atoms with Gasteiger partial charge in [0.25, 0.3) is 0 Å². The highest BCUT2D eigenvalue weighted by atomic mass is 35.5. The van der Waals surface area contributed by atoms with Gasteiger partial charge in [-0.05, 0) is 18.4 Å². The van der Waals surface area contributed by atoms with E-state index in [0.29, 0.717) is 13.1 Å². The van der Waals surface area contributed by atoms with Crippen molar-refractivity contribution in [2.75, 3.05) is 19.6 Å². The maximum Gasteiger partial charge on any atom is 0.226 e. The predicted molar refractivity (Wildman–Crippen MR) is 90.0 cm³/mol. The van der Waals surface area contributed by atoms with Crippen molar-refractivity contribution < 1.29 is 4.52 Å². The molecule has 0 unspecified atom stereocenters. The normalized spacial score (nSPS) is 10.7. The van der Waals surface area contributed by atoms with Crippen LogP contribution in [0.3, 0.4) is 0 Å². The van der Waals surface area contributed by atoms with Gasteiger partial charge < -0.3 is 10.3 Å². The zero-order chi connectivity index (χ0) is 14.9. The van der Waals surface area contributed by atoms with Gasteiger partial charge in [-0.15, -0.1) is 12.4 Å². The molecule has 1 aromatic carbocycles. The molecule has 2 aromatic rings. The number of nitrogens with two attached hydrogens (primary N) is 1. The summed E-state index contributed by atoms with van der Waals surface area (Å²) in [5, 5.41) is 4.04. The number of aromatic nitrogens is 2. The first-order valence-electron chi connectivity index (χ1n) is 7.59. The fourth-order valence-electron chi connectivity index (χ4n) is 2.25. The number of nitrogens with zero attached hydrogens (tertiary/aromatic N) is 3. The van der Waals surface area contributed by atoms with Crippen molar-refractivity contribution in [2.45, 2.75) is 32.7 Å². The molecule has 0 spiro atoms. The summed E-state index contributed by atoms with van der Waals surface area (Å²) in [6.45, 7) is 5.21. The molecule has 0 fully saturated rings. The van der Waals surface area contributed by atoms with Gasteiger partial charge in [-0.2, -0.15) is 4.98 Å². The summed E-state index contributed by atoms with van der Waals surface area (Å²) in [6, 6.07) is 10.5. The Morgan fingerprint density at radius 3 is 2.59 bits per heavy atom. The van der Waals surface area contributed by atoms with Crippen molar-refractivity contribution in [3.05, 3.63) is 47.6 Å². The predicted octanol–water partition coefficient (Wildman–Crippen LogP) is 2.45. The molecule has 0 atom stereocenters. The molecule has 0 saturated carbocycles. The highest BCUT2D eigenvalue weighted by Crippen LogP contribution is 2.06. The lowest BCUT2D eigenvalue weighted by molar-refractivity contribution is 0.263. The van der Waals surface area contributed by atoms with E-state index in [4.69, 9.17) is 10.3 Å². The maximum absolute atomic E-state index is 5.70. The van der Waals surface area contributed by atoms with Crippen LogP contribution >= 0.6 is 12.4 Å². The Bertz CT molecular complexity index is 518. The van der Waals surface area contributed by atoms with Gasteiger partial charge in [-0.1, -0.05) is 42.4 Å². The molecule has 1 heterocycles. The fourth-order valence-corrected chi connectivity index (χ4v) is 2.25. The molecule has 6 heteroatoms. The van der Waals surface area contributed by atoms with Crippen LogP contribution in [0.25, 0.3) is 0 Å². The lowest BCUT2D eigenvalue weighted by atomic mass is 10.1. The summed E-state index contributed by atoms with van der Waals surface area (Å²) in [5.41, 5.74) is 7.03. The Balaban J connectivity index is 0.00000242. The Morgan fingerprint density at radius 2 is 1.91 bits per heavy atom. The zero-order valence-electron chi connectivity index (χ0n) is 13.1. The van der Waals surface area contributed by atoms with E-state index in [1.54, 1.807) is 0 Å². The number of aryl methyl sites for hydroxylation is 1. The summed E-state index contributed by atoms with van der Waals surface area (Å²) in [5.74, 6) is 1.48. The quantitative estimate of drug-likeness (QED) is 0.767. The van der Waals surface area contributed by atoms with E-state index in [2.05, 4.69) is 46.2 Å². The summed E-state index contributed by atoms with van der Waals surface area (Å²) < 4.78 is 5.23. The van der Waals surface area contributed by atoms with E-state index in [9.17, 15) is 0 Å². The SMILES string of the molecule is CCCc1nc(CN(CCN)CCc2ccccc2)no1.Cl. The molecule has 1 aromatic heterocycles. The van der Waals surface area contributed by atoms with Crippen LogP contribution in [0, 0.1) is 0 Å². The van der Waals surface area contributed by atoms with E-state index in [-0.39, 0.29) is 12.4 Å². The van der Waals surface area contributed by atoms with Gasteiger partial charge in [0, 0.05) is 26.1 Å². The molecule has 5 nitrogen and oxygen atoms in total. The van der Waals surface area contributed by atoms with Crippen LogP contribution in [0.2, 0.25) is 0 Å². The Morgan fingerprint density at radius 1 is 1.14 bits per heavy atom. The van der Waals surface area contributed by atoms with E-state index < -0.39 is 0 Å². The van der Waals surface area contributed by atoms with E-state index >= 15 is 0 Å². The molecule has 0 amide bonds. The lowest BCUT2D eigenvalue weighted by Crippen LogP contribution is -2.31. The standard InChI is InChI=1S/C16H24N4O.ClH/c1-2-6-16-18-15(19-21-16)13-20(12-10-17)11-9-14-7-4-3-5-8-14;/h3-5,7-8H,2,6,9-13,17H2,1H3;1H. The third kappa shape index (κ3) is 6.13. The second-order valence-corrected chi connectivity index (χ2v) is 5.15. The van der Waals surface area contributed by atoms with Crippen LogP contribution in [-0.4, -0.2) is 34.7 Å². The van der Waals surface area contributed by atoms with Gasteiger partial charge in [0.05, 0.1) is 6.54 Å². The second-order valence-electron chi connectivity index (χ2n) is 5.15. The number of hydrogen-bond acceptors (Lipinski definition) is 5. The molecule has 0 aliphatic rings. The molecule has 22 heavy (non-hydrogen) atoms. The van der Waals surface area contributed by atoms with E-state index in [1.165, 1.54) is 5.56 Å². The van der Waals surface area contributed by atoms with Crippen LogP contribution in [0.15, 0.2) is 34.9 Å². The summed E-state index contributed by atoms with van der Waals surface area (Å²) >= 11 is 0. The summed E-state index contributed by atoms with van der Waals surface area (Å²) in [4.78, 5) is 6.69. The first-order chi connectivity index (χ1) is 10.3. The minimum absolute atomic E-state index is 0. The highest BCUT2D eigenvalue weighted by molar-refractivity contribution is 5.85. The summed E-state index contributed by atoms with van der Waals surface area (Å²) in [6.07, 6.45) is 2.86. The van der Waals surface area contributed by atoms with Gasteiger partial charge in [0.1, 0.15) is 0 Å². The van der Waals surface area contributed by atoms with Gasteiger partial charge in [0.2, 0.25) is 5.89 Å². The topological polar surface area (TPSA) is 68.2 Å². The molecule has 2 N–H and O–H groups in total. The van der Waals surface area contributed by atoms with Crippen molar-refractivity contribution in [3.63, 3.8) is 0 Å².